The first-order chi connectivity index (χ1) is 13.2. The Hall–Kier alpha value is -3.08. The summed E-state index contributed by atoms with van der Waals surface area (Å²) in [5, 5.41) is 50.5. The van der Waals surface area contributed by atoms with E-state index in [0.29, 0.717) is 28.7 Å². The first kappa shape index (κ1) is 18.3. The van der Waals surface area contributed by atoms with Gasteiger partial charge in [-0.2, -0.15) is 5.26 Å². The van der Waals surface area contributed by atoms with E-state index >= 15 is 0 Å². The predicted octanol–water partition coefficient (Wildman–Crippen LogP) is 1.40. The third-order valence-corrected chi connectivity index (χ3v) is 5.12. The van der Waals surface area contributed by atoms with Gasteiger partial charge < -0.3 is 20.4 Å². The second kappa shape index (κ2) is 6.23. The van der Waals surface area contributed by atoms with E-state index in [4.69, 9.17) is 5.26 Å². The Kier molecular flexibility index (Phi) is 4.07. The number of rotatable bonds is 1. The van der Waals surface area contributed by atoms with Crippen molar-refractivity contribution < 1.29 is 25.2 Å². The van der Waals surface area contributed by atoms with Gasteiger partial charge in [-0.3, -0.25) is 4.79 Å². The average Bonchev–Trinajstić information content (AvgIpc) is 2.64. The van der Waals surface area contributed by atoms with Gasteiger partial charge in [-0.05, 0) is 53.0 Å². The molecule has 0 atom stereocenters. The number of nitriles is 1. The van der Waals surface area contributed by atoms with E-state index in [1.807, 2.05) is 6.07 Å². The van der Waals surface area contributed by atoms with Crippen molar-refractivity contribution in [3.8, 4) is 6.07 Å². The molecule has 0 unspecified atom stereocenters. The molecule has 140 valence electrons. The van der Waals surface area contributed by atoms with E-state index in [-0.39, 0.29) is 17.6 Å². The van der Waals surface area contributed by atoms with Crippen LogP contribution in [0.1, 0.15) is 24.0 Å². The van der Waals surface area contributed by atoms with Crippen molar-refractivity contribution in [3.63, 3.8) is 0 Å². The fourth-order valence-electron chi connectivity index (χ4n) is 3.84. The summed E-state index contributed by atoms with van der Waals surface area (Å²) in [5.74, 6) is -5.68. The summed E-state index contributed by atoms with van der Waals surface area (Å²) in [6.07, 6.45) is 7.73. The van der Waals surface area contributed by atoms with Gasteiger partial charge in [0.1, 0.15) is 0 Å². The standard InChI is InChI=1S/C22H17NO5/c23-12-14-7-5-13(6-8-14)11-17-15-3-1-9-21(25,26)18(15)20(24)19-16(17)4-2-10-22(19,27)28/h1-3,5-8,10-11,25-28H,4,9H2/b17-11-. The van der Waals surface area contributed by atoms with Crippen LogP contribution in [-0.2, 0) is 4.79 Å². The molecule has 4 N–H and O–H groups in total. The van der Waals surface area contributed by atoms with Gasteiger partial charge >= 0.3 is 0 Å². The lowest BCUT2D eigenvalue weighted by molar-refractivity contribution is -0.144. The van der Waals surface area contributed by atoms with Gasteiger partial charge in [-0.1, -0.05) is 30.4 Å². The Morgan fingerprint density at radius 2 is 1.75 bits per heavy atom. The van der Waals surface area contributed by atoms with Crippen LogP contribution < -0.4 is 0 Å². The van der Waals surface area contributed by atoms with E-state index in [0.717, 1.165) is 11.6 Å². The zero-order valence-electron chi connectivity index (χ0n) is 14.8. The quantitative estimate of drug-likeness (QED) is 0.435. The monoisotopic (exact) mass is 375 g/mol. The highest BCUT2D eigenvalue weighted by atomic mass is 16.5. The molecule has 4 rings (SSSR count). The Morgan fingerprint density at radius 1 is 1.04 bits per heavy atom. The number of ketones is 1. The van der Waals surface area contributed by atoms with E-state index in [2.05, 4.69) is 0 Å². The molecule has 0 radical (unpaired) electrons. The fourth-order valence-corrected chi connectivity index (χ4v) is 3.84. The molecule has 0 saturated carbocycles. The molecule has 1 aromatic rings. The molecule has 0 amide bonds. The van der Waals surface area contributed by atoms with Crippen molar-refractivity contribution in [2.75, 3.05) is 0 Å². The summed E-state index contributed by atoms with van der Waals surface area (Å²) in [4.78, 5) is 13.0. The Labute approximate surface area is 161 Å². The summed E-state index contributed by atoms with van der Waals surface area (Å²) in [7, 11) is 0. The van der Waals surface area contributed by atoms with Crippen LogP contribution in [0.25, 0.3) is 6.08 Å². The molecule has 0 aromatic heterocycles. The van der Waals surface area contributed by atoms with Crippen LogP contribution in [0.2, 0.25) is 0 Å². The number of hydrogen-bond donors (Lipinski definition) is 4. The molecule has 3 aliphatic carbocycles. The minimum atomic E-state index is -2.50. The molecule has 0 heterocycles. The fraction of sp³-hybridized carbons (Fsp3) is 0.182. The molecule has 0 fully saturated rings. The lowest BCUT2D eigenvalue weighted by atomic mass is 9.70. The average molecular weight is 375 g/mol. The molecular weight excluding hydrogens is 358 g/mol. The van der Waals surface area contributed by atoms with Crippen molar-refractivity contribution in [1.29, 1.82) is 5.26 Å². The van der Waals surface area contributed by atoms with E-state index in [1.165, 1.54) is 0 Å². The van der Waals surface area contributed by atoms with Gasteiger partial charge in [0.15, 0.2) is 11.6 Å². The van der Waals surface area contributed by atoms with Crippen molar-refractivity contribution in [2.45, 2.75) is 24.4 Å². The Balaban J connectivity index is 1.97. The first-order valence-corrected chi connectivity index (χ1v) is 8.74. The molecule has 28 heavy (non-hydrogen) atoms. The van der Waals surface area contributed by atoms with Crippen LogP contribution in [0.3, 0.4) is 0 Å². The largest absolute Gasteiger partial charge is 0.362 e. The molecule has 1 aromatic carbocycles. The molecule has 6 nitrogen and oxygen atoms in total. The smallest absolute Gasteiger partial charge is 0.214 e. The van der Waals surface area contributed by atoms with E-state index < -0.39 is 17.4 Å². The summed E-state index contributed by atoms with van der Waals surface area (Å²) >= 11 is 0. The minimum Gasteiger partial charge on any atom is -0.362 e. The molecule has 6 heteroatoms. The van der Waals surface area contributed by atoms with Crippen molar-refractivity contribution in [2.24, 2.45) is 0 Å². The number of hydrogen-bond acceptors (Lipinski definition) is 6. The van der Waals surface area contributed by atoms with Gasteiger partial charge in [0.25, 0.3) is 0 Å². The van der Waals surface area contributed by atoms with E-state index in [9.17, 15) is 25.2 Å². The van der Waals surface area contributed by atoms with Crippen LogP contribution in [0.5, 0.6) is 0 Å². The lowest BCUT2D eigenvalue weighted by Crippen LogP contribution is -2.45. The molecule has 0 saturated heterocycles. The number of nitrogens with zero attached hydrogens (tertiary/aromatic N) is 1. The third kappa shape index (κ3) is 2.78. The van der Waals surface area contributed by atoms with Gasteiger partial charge in [0.05, 0.1) is 22.8 Å². The highest BCUT2D eigenvalue weighted by molar-refractivity contribution is 6.15. The normalized spacial score (nSPS) is 23.5. The summed E-state index contributed by atoms with van der Waals surface area (Å²) in [6, 6.07) is 8.78. The molecular formula is C22H17NO5. The Morgan fingerprint density at radius 3 is 2.43 bits per heavy atom. The van der Waals surface area contributed by atoms with Gasteiger partial charge in [0, 0.05) is 6.42 Å². The molecule has 0 bridgehead atoms. The van der Waals surface area contributed by atoms with Gasteiger partial charge in [-0.25, -0.2) is 0 Å². The van der Waals surface area contributed by atoms with Crippen molar-refractivity contribution in [1.82, 2.24) is 0 Å². The number of carbonyl (C=O) groups is 1. The second-order valence-electron chi connectivity index (χ2n) is 7.02. The zero-order valence-corrected chi connectivity index (χ0v) is 14.8. The van der Waals surface area contributed by atoms with Crippen LogP contribution in [0.4, 0.5) is 0 Å². The van der Waals surface area contributed by atoms with Crippen LogP contribution in [0.15, 0.2) is 76.4 Å². The summed E-state index contributed by atoms with van der Waals surface area (Å²) in [5.41, 5.74) is 1.95. The van der Waals surface area contributed by atoms with Crippen LogP contribution >= 0.6 is 0 Å². The Bertz CT molecular complexity index is 1070. The zero-order chi connectivity index (χ0) is 20.1. The van der Waals surface area contributed by atoms with Gasteiger partial charge in [-0.15, -0.1) is 0 Å². The van der Waals surface area contributed by atoms with Crippen LogP contribution in [0, 0.1) is 11.3 Å². The molecule has 0 aliphatic heterocycles. The lowest BCUT2D eigenvalue weighted by Gasteiger charge is -2.38. The van der Waals surface area contributed by atoms with Crippen molar-refractivity contribution in [3.05, 3.63) is 87.6 Å². The van der Waals surface area contributed by atoms with E-state index in [1.54, 1.807) is 48.6 Å². The maximum absolute atomic E-state index is 13.0. The highest BCUT2D eigenvalue weighted by Crippen LogP contribution is 2.46. The summed E-state index contributed by atoms with van der Waals surface area (Å²) in [6.45, 7) is 0. The molecule has 3 aliphatic rings. The number of allylic oxidation sites excluding steroid dienone is 5. The highest BCUT2D eigenvalue weighted by Gasteiger charge is 2.48. The number of benzene rings is 1. The number of aliphatic hydroxyl groups is 4. The SMILES string of the molecule is N#Cc1ccc(/C=C2/C3=C(C(=O)C4=C2CC=CC4(O)O)C(O)(O)CC=C3)cc1. The summed E-state index contributed by atoms with van der Waals surface area (Å²) < 4.78 is 0. The second-order valence-corrected chi connectivity index (χ2v) is 7.02. The van der Waals surface area contributed by atoms with Gasteiger partial charge in [0.2, 0.25) is 5.79 Å². The number of carbonyl (C=O) groups excluding carboxylic acids is 1. The van der Waals surface area contributed by atoms with Crippen molar-refractivity contribution >= 4 is 11.9 Å². The van der Waals surface area contributed by atoms with Crippen LogP contribution in [-0.4, -0.2) is 37.8 Å². The minimum absolute atomic E-state index is 0.177. The third-order valence-electron chi connectivity index (χ3n) is 5.12. The maximum atomic E-state index is 13.0. The molecule has 0 spiro atoms. The predicted molar refractivity (Wildman–Crippen MR) is 100 cm³/mol. The first-order valence-electron chi connectivity index (χ1n) is 8.74. The number of Topliss-reactive ketones (excluding diaryl/α,β-unsaturated/α-hetero) is 1. The topological polar surface area (TPSA) is 122 Å². The maximum Gasteiger partial charge on any atom is 0.214 e.